The monoisotopic (exact) mass is 507 g/mol. The maximum atomic E-state index is 6.22. The van der Waals surface area contributed by atoms with Crippen LogP contribution in [0.4, 0.5) is 0 Å². The van der Waals surface area contributed by atoms with E-state index in [9.17, 15) is 0 Å². The van der Waals surface area contributed by atoms with Crippen LogP contribution in [0.25, 0.3) is 11.3 Å². The lowest BCUT2D eigenvalue weighted by Gasteiger charge is -2.10. The van der Waals surface area contributed by atoms with E-state index in [1.165, 1.54) is 108 Å². The summed E-state index contributed by atoms with van der Waals surface area (Å²) in [5.74, 6) is 1.79. The molecule has 37 heavy (non-hydrogen) atoms. The largest absolute Gasteiger partial charge is 0.494 e. The highest BCUT2D eigenvalue weighted by Crippen LogP contribution is 2.32. The van der Waals surface area contributed by atoms with E-state index in [0.717, 1.165) is 48.8 Å². The summed E-state index contributed by atoms with van der Waals surface area (Å²) in [5, 5.41) is 0. The molecule has 0 spiro atoms. The van der Waals surface area contributed by atoms with E-state index in [1.807, 2.05) is 0 Å². The maximum absolute atomic E-state index is 6.22. The Bertz CT molecular complexity index is 847. The van der Waals surface area contributed by atoms with Crippen molar-refractivity contribution >= 4 is 0 Å². The molecule has 0 saturated heterocycles. The van der Waals surface area contributed by atoms with Crippen molar-refractivity contribution in [3.63, 3.8) is 0 Å². The molecule has 1 aromatic heterocycles. The smallest absolute Gasteiger partial charge is 0.217 e. The lowest BCUT2D eigenvalue weighted by molar-refractivity contribution is 0.209. The fourth-order valence-corrected chi connectivity index (χ4v) is 5.32. The van der Waals surface area contributed by atoms with Crippen LogP contribution in [0.2, 0.25) is 0 Å². The van der Waals surface area contributed by atoms with Crippen LogP contribution in [-0.4, -0.2) is 17.7 Å². The Labute approximate surface area is 227 Å². The van der Waals surface area contributed by atoms with Crippen LogP contribution in [0.3, 0.4) is 0 Å². The molecule has 0 amide bonds. The van der Waals surface area contributed by atoms with E-state index < -0.39 is 0 Å². The average molecular weight is 508 g/mol. The van der Waals surface area contributed by atoms with E-state index in [1.54, 1.807) is 0 Å². The van der Waals surface area contributed by atoms with Gasteiger partial charge in [0.1, 0.15) is 11.9 Å². The van der Waals surface area contributed by atoms with Gasteiger partial charge < -0.3 is 9.47 Å². The Morgan fingerprint density at radius 3 is 1.86 bits per heavy atom. The van der Waals surface area contributed by atoms with Crippen molar-refractivity contribution in [3.05, 3.63) is 42.0 Å². The molecule has 3 rings (SSSR count). The highest BCUT2D eigenvalue weighted by atomic mass is 16.5. The first kappa shape index (κ1) is 29.5. The van der Waals surface area contributed by atoms with Crippen molar-refractivity contribution in [2.45, 2.75) is 142 Å². The molecule has 1 aliphatic rings. The Morgan fingerprint density at radius 2 is 1.24 bits per heavy atom. The molecule has 1 atom stereocenters. The first-order chi connectivity index (χ1) is 18.3. The van der Waals surface area contributed by atoms with Crippen LogP contribution in [0.1, 0.15) is 135 Å². The molecule has 3 nitrogen and oxygen atoms in total. The number of ether oxygens (including phenoxy) is 2. The minimum Gasteiger partial charge on any atom is -0.494 e. The summed E-state index contributed by atoms with van der Waals surface area (Å²) in [6, 6.07) is 12.7. The number of rotatable bonds is 21. The van der Waals surface area contributed by atoms with Crippen molar-refractivity contribution in [1.29, 1.82) is 0 Å². The van der Waals surface area contributed by atoms with Gasteiger partial charge in [-0.1, -0.05) is 116 Å². The van der Waals surface area contributed by atoms with Gasteiger partial charge in [-0.2, -0.15) is 0 Å². The lowest BCUT2D eigenvalue weighted by Crippen LogP contribution is -2.12. The summed E-state index contributed by atoms with van der Waals surface area (Å²) in [6.07, 6.45) is 25.4. The van der Waals surface area contributed by atoms with Gasteiger partial charge in [-0.15, -0.1) is 0 Å². The molecular weight excluding hydrogens is 454 g/mol. The van der Waals surface area contributed by atoms with Crippen molar-refractivity contribution in [3.8, 4) is 22.9 Å². The van der Waals surface area contributed by atoms with E-state index in [-0.39, 0.29) is 0 Å². The third-order valence-electron chi connectivity index (χ3n) is 7.71. The molecule has 3 heteroatoms. The summed E-state index contributed by atoms with van der Waals surface area (Å²) in [6.45, 7) is 5.36. The minimum absolute atomic E-state index is 0.301. The minimum atomic E-state index is 0.301. The molecule has 0 N–H and O–H groups in total. The molecule has 2 aromatic rings. The molecule has 1 aliphatic heterocycles. The van der Waals surface area contributed by atoms with Crippen molar-refractivity contribution in [2.24, 2.45) is 0 Å². The van der Waals surface area contributed by atoms with Crippen LogP contribution < -0.4 is 9.47 Å². The van der Waals surface area contributed by atoms with Gasteiger partial charge in [0.15, 0.2) is 0 Å². The molecule has 0 bridgehead atoms. The van der Waals surface area contributed by atoms with Crippen molar-refractivity contribution in [2.75, 3.05) is 6.61 Å². The number of nitrogens with zero attached hydrogens (tertiary/aromatic N) is 1. The van der Waals surface area contributed by atoms with E-state index >= 15 is 0 Å². The molecule has 1 aromatic carbocycles. The highest BCUT2D eigenvalue weighted by molar-refractivity contribution is 5.61. The molecule has 0 saturated carbocycles. The van der Waals surface area contributed by atoms with Crippen molar-refractivity contribution in [1.82, 2.24) is 4.98 Å². The second-order valence-electron chi connectivity index (χ2n) is 11.1. The lowest BCUT2D eigenvalue weighted by atomic mass is 10.0. The van der Waals surface area contributed by atoms with E-state index in [0.29, 0.717) is 6.10 Å². The summed E-state index contributed by atoms with van der Waals surface area (Å²) >= 11 is 0. The quantitative estimate of drug-likeness (QED) is 0.157. The maximum Gasteiger partial charge on any atom is 0.217 e. The third kappa shape index (κ3) is 11.5. The molecule has 0 radical (unpaired) electrons. The predicted octanol–water partition coefficient (Wildman–Crippen LogP) is 10.5. The van der Waals surface area contributed by atoms with Gasteiger partial charge in [-0.25, -0.2) is 4.98 Å². The molecule has 0 fully saturated rings. The van der Waals surface area contributed by atoms with Crippen LogP contribution in [0.15, 0.2) is 36.4 Å². The number of hydrogen-bond acceptors (Lipinski definition) is 3. The van der Waals surface area contributed by atoms with E-state index in [2.05, 4.69) is 50.2 Å². The van der Waals surface area contributed by atoms with Gasteiger partial charge >= 0.3 is 0 Å². The predicted molar refractivity (Wildman–Crippen MR) is 158 cm³/mol. The zero-order chi connectivity index (χ0) is 26.0. The first-order valence-electron chi connectivity index (χ1n) is 15.7. The van der Waals surface area contributed by atoms with Gasteiger partial charge in [-0.05, 0) is 49.6 Å². The Kier molecular flexibility index (Phi) is 14.6. The average Bonchev–Trinajstić information content (AvgIpc) is 3.33. The van der Waals surface area contributed by atoms with Gasteiger partial charge in [0.05, 0.1) is 12.3 Å². The summed E-state index contributed by atoms with van der Waals surface area (Å²) in [4.78, 5) is 4.85. The number of aromatic nitrogens is 1. The Morgan fingerprint density at radius 1 is 0.676 bits per heavy atom. The Balaban J connectivity index is 1.29. The summed E-state index contributed by atoms with van der Waals surface area (Å²) in [5.41, 5.74) is 3.36. The zero-order valence-electron chi connectivity index (χ0n) is 23.9. The zero-order valence-corrected chi connectivity index (χ0v) is 23.9. The van der Waals surface area contributed by atoms with Crippen LogP contribution >= 0.6 is 0 Å². The number of unbranched alkanes of at least 4 members (excludes halogenated alkanes) is 15. The van der Waals surface area contributed by atoms with Crippen LogP contribution in [0, 0.1) is 0 Å². The molecular formula is C34H53NO2. The second-order valence-corrected chi connectivity index (χ2v) is 11.1. The summed E-state index contributed by atoms with van der Waals surface area (Å²) in [7, 11) is 0. The van der Waals surface area contributed by atoms with Gasteiger partial charge in [0.2, 0.25) is 5.88 Å². The van der Waals surface area contributed by atoms with Gasteiger partial charge in [-0.3, -0.25) is 0 Å². The fraction of sp³-hybridized carbons (Fsp3) is 0.676. The Hall–Kier alpha value is -2.03. The normalized spacial score (nSPS) is 14.5. The molecule has 0 aliphatic carbocycles. The van der Waals surface area contributed by atoms with Gasteiger partial charge in [0, 0.05) is 17.5 Å². The van der Waals surface area contributed by atoms with Gasteiger partial charge in [0.25, 0.3) is 0 Å². The molecule has 2 heterocycles. The molecule has 0 unspecified atom stereocenters. The SMILES string of the molecule is CCCCCCCCCCCCOc1ccc(-c2ccc3c(n2)O[C@H](CCCCCCCCC)C3)cc1. The fourth-order valence-electron chi connectivity index (χ4n) is 5.32. The van der Waals surface area contributed by atoms with E-state index in [4.69, 9.17) is 14.5 Å². The topological polar surface area (TPSA) is 31.4 Å². The third-order valence-corrected chi connectivity index (χ3v) is 7.71. The van der Waals surface area contributed by atoms with Crippen molar-refractivity contribution < 1.29 is 9.47 Å². The van der Waals surface area contributed by atoms with Crippen LogP contribution in [0.5, 0.6) is 11.6 Å². The first-order valence-corrected chi connectivity index (χ1v) is 15.7. The number of fused-ring (bicyclic) bond motifs is 1. The standard InChI is InChI=1S/C34H53NO2/c1-3-5-7-9-11-12-13-15-17-19-27-36-31-24-21-29(22-25-31)33-26-23-30-28-32(37-34(30)35-33)20-18-16-14-10-8-6-4-2/h21-26,32H,3-20,27-28H2,1-2H3/t32-/m1/s1. The molecule has 206 valence electrons. The summed E-state index contributed by atoms with van der Waals surface area (Å²) < 4.78 is 12.2. The number of benzene rings is 1. The second kappa shape index (κ2) is 18.3. The van der Waals surface area contributed by atoms with Crippen LogP contribution in [-0.2, 0) is 6.42 Å². The number of hydrogen-bond donors (Lipinski definition) is 0. The number of pyridine rings is 1. The highest BCUT2D eigenvalue weighted by Gasteiger charge is 2.24.